The molecule has 214 valence electrons. The van der Waals surface area contributed by atoms with Crippen LogP contribution >= 0.6 is 0 Å². The second-order valence-electron chi connectivity index (χ2n) is 9.19. The lowest BCUT2D eigenvalue weighted by molar-refractivity contribution is -0.305. The first-order valence-corrected chi connectivity index (χ1v) is 13.0. The van der Waals surface area contributed by atoms with Crippen molar-refractivity contribution < 1.29 is 47.6 Å². The van der Waals surface area contributed by atoms with Gasteiger partial charge >= 0.3 is 23.9 Å². The molecule has 0 amide bonds. The molecule has 3 aromatic carbocycles. The quantitative estimate of drug-likeness (QED) is 0.266. The van der Waals surface area contributed by atoms with Crippen LogP contribution in [0.1, 0.15) is 40.1 Å². The molecule has 1 aliphatic rings. The number of rotatable bonds is 10. The molecule has 0 radical (unpaired) electrons. The molecule has 1 aliphatic heterocycles. The normalized spacial score (nSPS) is 21.8. The number of hydrogen-bond acceptors (Lipinski definition) is 10. The van der Waals surface area contributed by atoms with Gasteiger partial charge < -0.3 is 28.4 Å². The van der Waals surface area contributed by atoms with Crippen molar-refractivity contribution in [2.45, 2.75) is 51.2 Å². The van der Waals surface area contributed by atoms with Crippen molar-refractivity contribution in [3.8, 4) is 0 Å². The van der Waals surface area contributed by atoms with Crippen LogP contribution in [0.2, 0.25) is 0 Å². The zero-order valence-corrected chi connectivity index (χ0v) is 22.5. The predicted molar refractivity (Wildman–Crippen MR) is 143 cm³/mol. The largest absolute Gasteiger partial charge is 0.463 e. The summed E-state index contributed by atoms with van der Waals surface area (Å²) in [6, 6.07) is 25.5. The van der Waals surface area contributed by atoms with Crippen molar-refractivity contribution in [3.63, 3.8) is 0 Å². The van der Waals surface area contributed by atoms with E-state index in [-0.39, 0.29) is 24.3 Å². The summed E-state index contributed by atoms with van der Waals surface area (Å²) in [6.45, 7) is 2.09. The van der Waals surface area contributed by atoms with Gasteiger partial charge in [-0.05, 0) is 29.8 Å². The van der Waals surface area contributed by atoms with E-state index >= 15 is 0 Å². The zero-order chi connectivity index (χ0) is 29.2. The van der Waals surface area contributed by atoms with Gasteiger partial charge in [-0.3, -0.25) is 9.59 Å². The summed E-state index contributed by atoms with van der Waals surface area (Å²) in [6.07, 6.45) is -6.51. The molecule has 0 spiro atoms. The van der Waals surface area contributed by atoms with Crippen LogP contribution in [0.5, 0.6) is 0 Å². The number of ether oxygens (including phenoxy) is 6. The minimum atomic E-state index is -1.39. The Hall–Kier alpha value is -4.54. The van der Waals surface area contributed by atoms with Gasteiger partial charge in [0.25, 0.3) is 0 Å². The molecule has 0 saturated carbocycles. The van der Waals surface area contributed by atoms with Crippen molar-refractivity contribution in [1.29, 1.82) is 0 Å². The molecule has 0 aromatic heterocycles. The van der Waals surface area contributed by atoms with Crippen LogP contribution in [0.4, 0.5) is 0 Å². The Morgan fingerprint density at radius 3 is 1.66 bits per heavy atom. The lowest BCUT2D eigenvalue weighted by atomic mass is 9.97. The van der Waals surface area contributed by atoms with Crippen molar-refractivity contribution in [2.75, 3.05) is 6.61 Å². The van der Waals surface area contributed by atoms with E-state index in [0.29, 0.717) is 0 Å². The molecule has 10 nitrogen and oxygen atoms in total. The minimum absolute atomic E-state index is 0.0530. The summed E-state index contributed by atoms with van der Waals surface area (Å²) in [5, 5.41) is 0. The van der Waals surface area contributed by atoms with E-state index in [4.69, 9.17) is 28.4 Å². The number of hydrogen-bond donors (Lipinski definition) is 0. The maximum absolute atomic E-state index is 13.2. The van der Waals surface area contributed by atoms with Crippen molar-refractivity contribution in [1.82, 2.24) is 0 Å². The Morgan fingerprint density at radius 1 is 0.634 bits per heavy atom. The fourth-order valence-electron chi connectivity index (χ4n) is 4.22. The molecule has 41 heavy (non-hydrogen) atoms. The maximum Gasteiger partial charge on any atom is 0.338 e. The van der Waals surface area contributed by atoms with E-state index in [0.717, 1.165) is 5.56 Å². The number of carbonyl (C=O) groups excluding carboxylic acids is 4. The monoisotopic (exact) mass is 562 g/mol. The molecule has 0 aliphatic carbocycles. The Labute approximate surface area is 237 Å². The average Bonchev–Trinajstić information content (AvgIpc) is 2.98. The Kier molecular flexibility index (Phi) is 10.2. The van der Waals surface area contributed by atoms with E-state index in [9.17, 15) is 19.2 Å². The van der Waals surface area contributed by atoms with E-state index < -0.39 is 54.6 Å². The van der Waals surface area contributed by atoms with Crippen molar-refractivity contribution in [3.05, 3.63) is 108 Å². The van der Waals surface area contributed by atoms with Crippen LogP contribution in [0.15, 0.2) is 91.0 Å². The summed E-state index contributed by atoms with van der Waals surface area (Å²) in [5.41, 5.74) is 1.23. The standard InChI is InChI=1S/C31H30O10/c1-20(32)36-19-25-26(40-29(34)23-14-8-4-9-15-23)27(41-30(35)24-16-10-5-11-17-24)28(38-21(2)33)31(39-25)37-18-22-12-6-3-7-13-22/h3-17,25-28,31H,18-19H2,1-2H3/t25-,26+,27+,28-,31-/m1/s1. The van der Waals surface area contributed by atoms with Gasteiger partial charge in [0, 0.05) is 13.8 Å². The topological polar surface area (TPSA) is 124 Å². The summed E-state index contributed by atoms with van der Waals surface area (Å²) >= 11 is 0. The molecule has 0 bridgehead atoms. The summed E-state index contributed by atoms with van der Waals surface area (Å²) in [7, 11) is 0. The second-order valence-corrected chi connectivity index (χ2v) is 9.19. The van der Waals surface area contributed by atoms with Gasteiger partial charge in [0.1, 0.15) is 12.7 Å². The molecule has 0 N–H and O–H groups in total. The van der Waals surface area contributed by atoms with E-state index in [2.05, 4.69) is 0 Å². The Balaban J connectivity index is 1.71. The van der Waals surface area contributed by atoms with E-state index in [1.54, 1.807) is 60.7 Å². The Bertz CT molecular complexity index is 1310. The molecule has 4 rings (SSSR count). The van der Waals surface area contributed by atoms with Crippen molar-refractivity contribution in [2.24, 2.45) is 0 Å². The van der Waals surface area contributed by atoms with E-state index in [1.807, 2.05) is 30.3 Å². The minimum Gasteiger partial charge on any atom is -0.463 e. The number of esters is 4. The third kappa shape index (κ3) is 8.23. The van der Waals surface area contributed by atoms with Crippen LogP contribution in [0.3, 0.4) is 0 Å². The zero-order valence-electron chi connectivity index (χ0n) is 22.5. The number of carbonyl (C=O) groups is 4. The van der Waals surface area contributed by atoms with Gasteiger partial charge in [-0.25, -0.2) is 9.59 Å². The lowest BCUT2D eigenvalue weighted by Crippen LogP contribution is -2.63. The van der Waals surface area contributed by atoms with Gasteiger partial charge in [0.05, 0.1) is 17.7 Å². The molecule has 5 atom stereocenters. The third-order valence-electron chi connectivity index (χ3n) is 6.11. The molecule has 0 unspecified atom stereocenters. The highest BCUT2D eigenvalue weighted by molar-refractivity contribution is 5.90. The SMILES string of the molecule is CC(=O)OC[C@H]1O[C@@H](OCc2ccccc2)[C@H](OC(C)=O)[C@@H](OC(=O)c2ccccc2)[C@H]1OC(=O)c1ccccc1. The van der Waals surface area contributed by atoms with Crippen LogP contribution in [-0.2, 0) is 44.6 Å². The Morgan fingerprint density at radius 2 is 1.15 bits per heavy atom. The molecule has 1 fully saturated rings. The first-order chi connectivity index (χ1) is 19.8. The van der Waals surface area contributed by atoms with Gasteiger partial charge in [-0.1, -0.05) is 66.7 Å². The van der Waals surface area contributed by atoms with Gasteiger partial charge in [0.15, 0.2) is 24.6 Å². The van der Waals surface area contributed by atoms with Gasteiger partial charge in [-0.15, -0.1) is 0 Å². The fraction of sp³-hybridized carbons (Fsp3) is 0.290. The summed E-state index contributed by atoms with van der Waals surface area (Å²) in [5.74, 6) is -2.83. The molecular formula is C31H30O10. The summed E-state index contributed by atoms with van der Waals surface area (Å²) in [4.78, 5) is 50.3. The smallest absolute Gasteiger partial charge is 0.338 e. The predicted octanol–water partition coefficient (Wildman–Crippen LogP) is 3.87. The highest BCUT2D eigenvalue weighted by Gasteiger charge is 2.53. The van der Waals surface area contributed by atoms with Crippen LogP contribution in [0, 0.1) is 0 Å². The van der Waals surface area contributed by atoms with Gasteiger partial charge in [-0.2, -0.15) is 0 Å². The molecular weight excluding hydrogens is 532 g/mol. The molecule has 10 heteroatoms. The molecule has 1 heterocycles. The van der Waals surface area contributed by atoms with Crippen LogP contribution in [-0.4, -0.2) is 61.2 Å². The highest BCUT2D eigenvalue weighted by atomic mass is 16.7. The maximum atomic E-state index is 13.2. The van der Waals surface area contributed by atoms with Gasteiger partial charge in [0.2, 0.25) is 0 Å². The first kappa shape index (κ1) is 29.4. The lowest BCUT2D eigenvalue weighted by Gasteiger charge is -2.44. The first-order valence-electron chi connectivity index (χ1n) is 13.0. The second kappa shape index (κ2) is 14.2. The molecule has 3 aromatic rings. The van der Waals surface area contributed by atoms with Crippen LogP contribution < -0.4 is 0 Å². The van der Waals surface area contributed by atoms with Crippen LogP contribution in [0.25, 0.3) is 0 Å². The van der Waals surface area contributed by atoms with E-state index in [1.165, 1.54) is 13.8 Å². The number of benzene rings is 3. The summed E-state index contributed by atoms with van der Waals surface area (Å²) < 4.78 is 34.6. The van der Waals surface area contributed by atoms with Crippen molar-refractivity contribution >= 4 is 23.9 Å². The highest BCUT2D eigenvalue weighted by Crippen LogP contribution is 2.31. The third-order valence-corrected chi connectivity index (χ3v) is 6.11. The molecule has 1 saturated heterocycles. The average molecular weight is 563 g/mol. The fourth-order valence-corrected chi connectivity index (χ4v) is 4.22.